The van der Waals surface area contributed by atoms with Gasteiger partial charge in [0.1, 0.15) is 6.04 Å². The molecule has 2 heterocycles. The van der Waals surface area contributed by atoms with E-state index in [9.17, 15) is 9.90 Å². The van der Waals surface area contributed by atoms with E-state index in [1.807, 2.05) is 11.3 Å². The number of hydrogen-bond donors (Lipinski definition) is 1. The van der Waals surface area contributed by atoms with Gasteiger partial charge in [0, 0.05) is 10.8 Å². The fraction of sp³-hybridized carbons (Fsp3) is 0.765. The van der Waals surface area contributed by atoms with Crippen LogP contribution in [-0.4, -0.2) is 40.1 Å². The van der Waals surface area contributed by atoms with E-state index >= 15 is 0 Å². The quantitative estimate of drug-likeness (QED) is 0.903. The Labute approximate surface area is 136 Å². The summed E-state index contributed by atoms with van der Waals surface area (Å²) >= 11 is 1.91. The molecule has 1 fully saturated rings. The first kappa shape index (κ1) is 15.9. The molecule has 0 aromatic carbocycles. The van der Waals surface area contributed by atoms with Gasteiger partial charge in [0.05, 0.1) is 10.7 Å². The SMILES string of the molecule is CCC(C)C(C(=O)O)N1CCC(c2nc3c(s2)CCC3)CC1. The standard InChI is InChI=1S/C17H26N2O2S/c1-3-11(2)15(17(20)21)19-9-7-12(8-10-19)16-18-13-5-4-6-14(13)22-16/h11-12,15H,3-10H2,1-2H3,(H,20,21). The van der Waals surface area contributed by atoms with Crippen molar-refractivity contribution >= 4 is 17.3 Å². The number of hydrogen-bond acceptors (Lipinski definition) is 4. The summed E-state index contributed by atoms with van der Waals surface area (Å²) in [6, 6.07) is -0.327. The summed E-state index contributed by atoms with van der Waals surface area (Å²) in [4.78, 5) is 20.1. The molecule has 4 nitrogen and oxygen atoms in total. The van der Waals surface area contributed by atoms with E-state index < -0.39 is 5.97 Å². The number of aliphatic carboxylic acids is 1. The van der Waals surface area contributed by atoms with Crippen LogP contribution in [0.15, 0.2) is 0 Å². The lowest BCUT2D eigenvalue weighted by molar-refractivity contribution is -0.146. The van der Waals surface area contributed by atoms with E-state index in [1.54, 1.807) is 0 Å². The highest BCUT2D eigenvalue weighted by Gasteiger charge is 2.34. The average molecular weight is 322 g/mol. The van der Waals surface area contributed by atoms with Crippen LogP contribution in [0.1, 0.15) is 61.0 Å². The maximum absolute atomic E-state index is 11.6. The van der Waals surface area contributed by atoms with E-state index in [0.29, 0.717) is 5.92 Å². The van der Waals surface area contributed by atoms with Gasteiger partial charge < -0.3 is 5.11 Å². The van der Waals surface area contributed by atoms with Crippen LogP contribution >= 0.6 is 11.3 Å². The summed E-state index contributed by atoms with van der Waals surface area (Å²) in [5.41, 5.74) is 1.34. The van der Waals surface area contributed by atoms with Gasteiger partial charge in [0.25, 0.3) is 0 Å². The molecule has 5 heteroatoms. The average Bonchev–Trinajstić information content (AvgIpc) is 3.09. The third-order valence-corrected chi connectivity index (χ3v) is 6.64. The Bertz CT molecular complexity index is 513. The van der Waals surface area contributed by atoms with Crippen LogP contribution < -0.4 is 0 Å². The third kappa shape index (κ3) is 3.06. The summed E-state index contributed by atoms with van der Waals surface area (Å²) in [6.45, 7) is 5.90. The first-order valence-electron chi connectivity index (χ1n) is 8.55. The molecule has 0 amide bonds. The van der Waals surface area contributed by atoms with Crippen molar-refractivity contribution < 1.29 is 9.90 Å². The molecule has 1 aromatic rings. The molecule has 0 saturated carbocycles. The van der Waals surface area contributed by atoms with Crippen LogP contribution in [0.4, 0.5) is 0 Å². The summed E-state index contributed by atoms with van der Waals surface area (Å²) in [5.74, 6) is 0.0805. The van der Waals surface area contributed by atoms with Crippen molar-refractivity contribution in [1.29, 1.82) is 0 Å². The predicted octanol–water partition coefficient (Wildman–Crippen LogP) is 3.31. The van der Waals surface area contributed by atoms with Gasteiger partial charge in [-0.15, -0.1) is 11.3 Å². The maximum Gasteiger partial charge on any atom is 0.321 e. The number of rotatable bonds is 5. The Hall–Kier alpha value is -0.940. The number of aryl methyl sites for hydroxylation is 2. The molecule has 1 aliphatic heterocycles. The van der Waals surface area contributed by atoms with Crippen molar-refractivity contribution in [3.05, 3.63) is 15.6 Å². The number of carbonyl (C=O) groups is 1. The number of piperidine rings is 1. The predicted molar refractivity (Wildman–Crippen MR) is 88.6 cm³/mol. The Kier molecular flexibility index (Phi) is 4.83. The smallest absolute Gasteiger partial charge is 0.321 e. The molecule has 1 saturated heterocycles. The van der Waals surface area contributed by atoms with Gasteiger partial charge in [-0.2, -0.15) is 0 Å². The molecule has 2 aliphatic rings. The zero-order valence-corrected chi connectivity index (χ0v) is 14.4. The van der Waals surface area contributed by atoms with Gasteiger partial charge >= 0.3 is 5.97 Å². The van der Waals surface area contributed by atoms with Crippen LogP contribution in [0.5, 0.6) is 0 Å². The molecular formula is C17H26N2O2S. The minimum Gasteiger partial charge on any atom is -0.480 e. The monoisotopic (exact) mass is 322 g/mol. The van der Waals surface area contributed by atoms with Crippen LogP contribution in [0.3, 0.4) is 0 Å². The molecule has 122 valence electrons. The second-order valence-electron chi connectivity index (χ2n) is 6.75. The number of nitrogens with zero attached hydrogens (tertiary/aromatic N) is 2. The molecule has 0 radical (unpaired) electrons. The zero-order valence-electron chi connectivity index (χ0n) is 13.5. The lowest BCUT2D eigenvalue weighted by atomic mass is 9.92. The molecule has 1 N–H and O–H groups in total. The van der Waals surface area contributed by atoms with Gasteiger partial charge in [-0.3, -0.25) is 9.69 Å². The normalized spacial score (nSPS) is 22.5. The molecule has 0 bridgehead atoms. The van der Waals surface area contributed by atoms with Crippen molar-refractivity contribution in [2.45, 2.75) is 64.3 Å². The second-order valence-corrected chi connectivity index (χ2v) is 7.87. The highest BCUT2D eigenvalue weighted by molar-refractivity contribution is 7.11. The number of fused-ring (bicyclic) bond motifs is 1. The van der Waals surface area contributed by atoms with Crippen molar-refractivity contribution in [3.8, 4) is 0 Å². The number of aromatic nitrogens is 1. The molecule has 3 rings (SSSR count). The van der Waals surface area contributed by atoms with Crippen molar-refractivity contribution in [1.82, 2.24) is 9.88 Å². The lowest BCUT2D eigenvalue weighted by Crippen LogP contribution is -2.48. The highest BCUT2D eigenvalue weighted by atomic mass is 32.1. The Morgan fingerprint density at radius 2 is 2.14 bits per heavy atom. The minimum absolute atomic E-state index is 0.206. The molecule has 1 aliphatic carbocycles. The van der Waals surface area contributed by atoms with Gasteiger partial charge in [0.2, 0.25) is 0 Å². The number of thiazole rings is 1. The zero-order chi connectivity index (χ0) is 15.7. The van der Waals surface area contributed by atoms with Crippen LogP contribution in [0.2, 0.25) is 0 Å². The molecule has 1 aromatic heterocycles. The lowest BCUT2D eigenvalue weighted by Gasteiger charge is -2.37. The fourth-order valence-electron chi connectivity index (χ4n) is 3.79. The Morgan fingerprint density at radius 1 is 1.41 bits per heavy atom. The first-order chi connectivity index (χ1) is 10.6. The summed E-state index contributed by atoms with van der Waals surface area (Å²) in [6.07, 6.45) is 6.64. The van der Waals surface area contributed by atoms with E-state index in [4.69, 9.17) is 4.98 Å². The van der Waals surface area contributed by atoms with E-state index in [-0.39, 0.29) is 12.0 Å². The topological polar surface area (TPSA) is 53.4 Å². The third-order valence-electron chi connectivity index (χ3n) is 5.32. The van der Waals surface area contributed by atoms with Crippen molar-refractivity contribution in [2.24, 2.45) is 5.92 Å². The summed E-state index contributed by atoms with van der Waals surface area (Å²) in [7, 11) is 0. The van der Waals surface area contributed by atoms with Crippen LogP contribution in [0, 0.1) is 5.92 Å². The molecule has 0 spiro atoms. The highest BCUT2D eigenvalue weighted by Crippen LogP contribution is 2.36. The van der Waals surface area contributed by atoms with E-state index in [2.05, 4.69) is 18.7 Å². The Morgan fingerprint density at radius 3 is 2.73 bits per heavy atom. The summed E-state index contributed by atoms with van der Waals surface area (Å²) in [5, 5.41) is 10.8. The molecule has 22 heavy (non-hydrogen) atoms. The maximum atomic E-state index is 11.6. The number of carboxylic acids is 1. The van der Waals surface area contributed by atoms with Crippen LogP contribution in [0.25, 0.3) is 0 Å². The summed E-state index contributed by atoms with van der Waals surface area (Å²) < 4.78 is 0. The van der Waals surface area contributed by atoms with Crippen LogP contribution in [-0.2, 0) is 17.6 Å². The number of likely N-dealkylation sites (tertiary alicyclic amines) is 1. The fourth-order valence-corrected chi connectivity index (χ4v) is 5.11. The minimum atomic E-state index is -0.666. The van der Waals surface area contributed by atoms with Gasteiger partial charge in [-0.25, -0.2) is 4.98 Å². The largest absolute Gasteiger partial charge is 0.480 e. The Balaban J connectivity index is 1.62. The van der Waals surface area contributed by atoms with Gasteiger partial charge in [-0.05, 0) is 51.1 Å². The van der Waals surface area contributed by atoms with E-state index in [0.717, 1.165) is 38.8 Å². The molecular weight excluding hydrogens is 296 g/mol. The van der Waals surface area contributed by atoms with Gasteiger partial charge in [0.15, 0.2) is 0 Å². The second kappa shape index (κ2) is 6.67. The van der Waals surface area contributed by atoms with E-state index in [1.165, 1.54) is 28.4 Å². The molecule has 2 unspecified atom stereocenters. The number of carboxylic acid groups (broad SMARTS) is 1. The molecule has 2 atom stereocenters. The van der Waals surface area contributed by atoms with Gasteiger partial charge in [-0.1, -0.05) is 20.3 Å². The van der Waals surface area contributed by atoms with Crippen molar-refractivity contribution in [2.75, 3.05) is 13.1 Å². The van der Waals surface area contributed by atoms with Crippen molar-refractivity contribution in [3.63, 3.8) is 0 Å². The first-order valence-corrected chi connectivity index (χ1v) is 9.37.